The number of hydrogen-bond donors (Lipinski definition) is 2. The molecule has 1 heterocycles. The van der Waals surface area contributed by atoms with Crippen LogP contribution >= 0.6 is 0 Å². The van der Waals surface area contributed by atoms with Crippen LogP contribution in [0.3, 0.4) is 0 Å². The summed E-state index contributed by atoms with van der Waals surface area (Å²) in [6.45, 7) is 3.98. The third kappa shape index (κ3) is 2.76. The Morgan fingerprint density at radius 2 is 1.91 bits per heavy atom. The smallest absolute Gasteiger partial charge is 0.288 e. The number of carbonyl (C=O) groups excluding carboxylic acids is 1. The maximum atomic E-state index is 12.3. The van der Waals surface area contributed by atoms with E-state index in [1.54, 1.807) is 6.21 Å². The van der Waals surface area contributed by atoms with Gasteiger partial charge in [0.1, 0.15) is 5.69 Å². The molecule has 0 bridgehead atoms. The lowest BCUT2D eigenvalue weighted by Gasteiger charge is -1.98. The van der Waals surface area contributed by atoms with Crippen LogP contribution in [0.5, 0.6) is 0 Å². The van der Waals surface area contributed by atoms with Crippen LogP contribution in [0, 0.1) is 13.8 Å². The van der Waals surface area contributed by atoms with Crippen molar-refractivity contribution in [1.82, 2.24) is 10.4 Å². The molecule has 0 saturated carbocycles. The predicted octanol–water partition coefficient (Wildman–Crippen LogP) is 3.55. The van der Waals surface area contributed by atoms with Gasteiger partial charge in [0.2, 0.25) is 0 Å². The fraction of sp³-hybridized carbons (Fsp3) is 0.111. The number of fused-ring (bicyclic) bond motifs is 1. The van der Waals surface area contributed by atoms with Crippen LogP contribution in [0.15, 0.2) is 53.6 Å². The number of nitrogens with one attached hydrogen (secondary N) is 2. The van der Waals surface area contributed by atoms with Crippen molar-refractivity contribution in [1.29, 1.82) is 0 Å². The molecule has 110 valence electrons. The molecule has 0 atom stereocenters. The number of nitrogens with zero attached hydrogens (tertiary/aromatic N) is 1. The highest BCUT2D eigenvalue weighted by Crippen LogP contribution is 2.22. The lowest BCUT2D eigenvalue weighted by Crippen LogP contribution is -2.18. The number of aryl methyl sites for hydroxylation is 2. The maximum absolute atomic E-state index is 12.3. The molecule has 2 aromatic carbocycles. The van der Waals surface area contributed by atoms with Gasteiger partial charge in [0.05, 0.1) is 6.21 Å². The van der Waals surface area contributed by atoms with E-state index in [4.69, 9.17) is 0 Å². The maximum Gasteiger partial charge on any atom is 0.288 e. The standard InChI is InChI=1S/C18H17N3O/c1-12-8-9-16-15(10-12)13(2)17(20-16)18(22)21-19-11-14-6-4-3-5-7-14/h3-11,20H,1-2H3,(H,21,22)/b19-11+. The average Bonchev–Trinajstić information content (AvgIpc) is 2.85. The number of rotatable bonds is 3. The number of H-pyrrole nitrogens is 1. The summed E-state index contributed by atoms with van der Waals surface area (Å²) in [4.78, 5) is 15.4. The molecule has 0 aliphatic rings. The first-order chi connectivity index (χ1) is 10.6. The van der Waals surface area contributed by atoms with Crippen molar-refractivity contribution in [2.24, 2.45) is 5.10 Å². The topological polar surface area (TPSA) is 57.2 Å². The quantitative estimate of drug-likeness (QED) is 0.562. The van der Waals surface area contributed by atoms with E-state index in [0.29, 0.717) is 5.69 Å². The normalized spacial score (nSPS) is 11.2. The average molecular weight is 291 g/mol. The van der Waals surface area contributed by atoms with Gasteiger partial charge in [-0.05, 0) is 37.1 Å². The molecule has 0 saturated heterocycles. The third-order valence-corrected chi connectivity index (χ3v) is 3.62. The number of hydrazone groups is 1. The predicted molar refractivity (Wildman–Crippen MR) is 89.3 cm³/mol. The molecule has 0 aliphatic heterocycles. The largest absolute Gasteiger partial charge is 0.350 e. The van der Waals surface area contributed by atoms with Gasteiger partial charge in [-0.2, -0.15) is 5.10 Å². The Morgan fingerprint density at radius 3 is 2.68 bits per heavy atom. The van der Waals surface area contributed by atoms with Crippen molar-refractivity contribution >= 4 is 23.0 Å². The lowest BCUT2D eigenvalue weighted by molar-refractivity contribution is 0.0950. The van der Waals surface area contributed by atoms with Crippen LogP contribution in [0.2, 0.25) is 0 Å². The minimum atomic E-state index is -0.237. The van der Waals surface area contributed by atoms with Crippen molar-refractivity contribution < 1.29 is 4.79 Å². The molecule has 22 heavy (non-hydrogen) atoms. The van der Waals surface area contributed by atoms with E-state index in [1.165, 1.54) is 5.56 Å². The zero-order chi connectivity index (χ0) is 15.5. The zero-order valence-electron chi connectivity index (χ0n) is 12.6. The number of benzene rings is 2. The van der Waals surface area contributed by atoms with Gasteiger partial charge in [-0.3, -0.25) is 4.79 Å². The Morgan fingerprint density at radius 1 is 1.14 bits per heavy atom. The summed E-state index contributed by atoms with van der Waals surface area (Å²) in [5.41, 5.74) is 7.11. The van der Waals surface area contributed by atoms with Crippen molar-refractivity contribution in [3.05, 3.63) is 70.9 Å². The zero-order valence-corrected chi connectivity index (χ0v) is 12.6. The fourth-order valence-corrected chi connectivity index (χ4v) is 2.43. The van der Waals surface area contributed by atoms with Gasteiger partial charge in [0.15, 0.2) is 0 Å². The molecule has 0 fully saturated rings. The van der Waals surface area contributed by atoms with Gasteiger partial charge >= 0.3 is 0 Å². The molecule has 0 radical (unpaired) electrons. The molecule has 0 aliphatic carbocycles. The molecule has 1 amide bonds. The van der Waals surface area contributed by atoms with Crippen LogP contribution in [-0.4, -0.2) is 17.1 Å². The van der Waals surface area contributed by atoms with Crippen molar-refractivity contribution in [2.45, 2.75) is 13.8 Å². The number of aromatic nitrogens is 1. The number of amides is 1. The molecule has 4 nitrogen and oxygen atoms in total. The molecule has 4 heteroatoms. The van der Waals surface area contributed by atoms with E-state index < -0.39 is 0 Å². The third-order valence-electron chi connectivity index (χ3n) is 3.62. The summed E-state index contributed by atoms with van der Waals surface area (Å²) in [6, 6.07) is 15.7. The van der Waals surface area contributed by atoms with Crippen molar-refractivity contribution in [2.75, 3.05) is 0 Å². The minimum Gasteiger partial charge on any atom is -0.350 e. The SMILES string of the molecule is Cc1ccc2[nH]c(C(=O)N/N=C/c3ccccc3)c(C)c2c1. The van der Waals surface area contributed by atoms with E-state index in [-0.39, 0.29) is 5.91 Å². The fourth-order valence-electron chi connectivity index (χ4n) is 2.43. The Kier molecular flexibility index (Phi) is 3.74. The summed E-state index contributed by atoms with van der Waals surface area (Å²) in [6.07, 6.45) is 1.63. The van der Waals surface area contributed by atoms with Crippen LogP contribution in [-0.2, 0) is 0 Å². The first kappa shape index (κ1) is 14.1. The molecule has 2 N–H and O–H groups in total. The van der Waals surface area contributed by atoms with E-state index >= 15 is 0 Å². The minimum absolute atomic E-state index is 0.237. The molecule has 0 unspecified atom stereocenters. The van der Waals surface area contributed by atoms with E-state index in [1.807, 2.05) is 56.3 Å². The summed E-state index contributed by atoms with van der Waals surface area (Å²) in [7, 11) is 0. The Bertz CT molecular complexity index is 847. The Balaban J connectivity index is 1.81. The summed E-state index contributed by atoms with van der Waals surface area (Å²) in [5.74, 6) is -0.237. The van der Waals surface area contributed by atoms with Gasteiger partial charge in [-0.1, -0.05) is 42.0 Å². The van der Waals surface area contributed by atoms with Crippen molar-refractivity contribution in [3.63, 3.8) is 0 Å². The number of carbonyl (C=O) groups is 1. The molecule has 0 spiro atoms. The summed E-state index contributed by atoms with van der Waals surface area (Å²) in [5, 5.41) is 5.07. The van der Waals surface area contributed by atoms with Crippen LogP contribution in [0.1, 0.15) is 27.2 Å². The van der Waals surface area contributed by atoms with Gasteiger partial charge in [0.25, 0.3) is 5.91 Å². The van der Waals surface area contributed by atoms with Gasteiger partial charge in [-0.15, -0.1) is 0 Å². The van der Waals surface area contributed by atoms with Gasteiger partial charge < -0.3 is 4.98 Å². The second kappa shape index (κ2) is 5.85. The van der Waals surface area contributed by atoms with Gasteiger partial charge in [0, 0.05) is 10.9 Å². The van der Waals surface area contributed by atoms with E-state index in [9.17, 15) is 4.79 Å². The molecule has 3 rings (SSSR count). The van der Waals surface area contributed by atoms with Gasteiger partial charge in [-0.25, -0.2) is 5.43 Å². The van der Waals surface area contributed by atoms with Crippen LogP contribution < -0.4 is 5.43 Å². The number of hydrogen-bond acceptors (Lipinski definition) is 2. The Hall–Kier alpha value is -2.88. The highest BCUT2D eigenvalue weighted by molar-refractivity contribution is 6.01. The lowest BCUT2D eigenvalue weighted by atomic mass is 10.1. The second-order valence-corrected chi connectivity index (χ2v) is 5.28. The Labute approximate surface area is 128 Å². The van der Waals surface area contributed by atoms with Crippen LogP contribution in [0.4, 0.5) is 0 Å². The summed E-state index contributed by atoms with van der Waals surface area (Å²) >= 11 is 0. The first-order valence-corrected chi connectivity index (χ1v) is 7.12. The molecule has 1 aromatic heterocycles. The molecular formula is C18H17N3O. The highest BCUT2D eigenvalue weighted by Gasteiger charge is 2.14. The van der Waals surface area contributed by atoms with E-state index in [0.717, 1.165) is 22.0 Å². The second-order valence-electron chi connectivity index (χ2n) is 5.28. The molecular weight excluding hydrogens is 274 g/mol. The first-order valence-electron chi connectivity index (χ1n) is 7.12. The van der Waals surface area contributed by atoms with Crippen molar-refractivity contribution in [3.8, 4) is 0 Å². The highest BCUT2D eigenvalue weighted by atomic mass is 16.2. The molecule has 3 aromatic rings. The number of aromatic amines is 1. The monoisotopic (exact) mass is 291 g/mol. The van der Waals surface area contributed by atoms with E-state index in [2.05, 4.69) is 21.6 Å². The summed E-state index contributed by atoms with van der Waals surface area (Å²) < 4.78 is 0. The van der Waals surface area contributed by atoms with Crippen LogP contribution in [0.25, 0.3) is 10.9 Å².